The number of ether oxygens (including phenoxy) is 1. The van der Waals surface area contributed by atoms with Crippen LogP contribution in [-0.2, 0) is 4.74 Å². The minimum Gasteiger partial charge on any atom is -0.461 e. The molecule has 72 valence electrons. The number of halogens is 2. The molecule has 0 aromatic carbocycles. The minimum atomic E-state index is -0.429. The average Bonchev–Trinajstić information content (AvgIpc) is 2.33. The van der Waals surface area contributed by atoms with Gasteiger partial charge in [0.1, 0.15) is 5.69 Å². The summed E-state index contributed by atoms with van der Waals surface area (Å²) in [7, 11) is 0. The van der Waals surface area contributed by atoms with E-state index in [1.807, 2.05) is 6.92 Å². The molecule has 0 amide bonds. The summed E-state index contributed by atoms with van der Waals surface area (Å²) in [6, 6.07) is 0. The second-order valence-electron chi connectivity index (χ2n) is 2.47. The molecule has 3 nitrogen and oxygen atoms in total. The molecule has 0 fully saturated rings. The lowest BCUT2D eigenvalue weighted by atomic mass is 10.4. The molecule has 0 saturated heterocycles. The Kier molecular flexibility index (Phi) is 3.39. The number of aryl methyl sites for hydroxylation is 1. The van der Waals surface area contributed by atoms with Crippen molar-refractivity contribution in [1.82, 2.24) is 4.98 Å². The lowest BCUT2D eigenvalue weighted by Crippen LogP contribution is -2.05. The highest BCUT2D eigenvalue weighted by molar-refractivity contribution is 9.10. The van der Waals surface area contributed by atoms with Gasteiger partial charge in [-0.25, -0.2) is 4.79 Å². The van der Waals surface area contributed by atoms with Gasteiger partial charge in [-0.3, -0.25) is 0 Å². The first-order valence-electron chi connectivity index (χ1n) is 3.78. The zero-order valence-electron chi connectivity index (χ0n) is 7.28. The van der Waals surface area contributed by atoms with Crippen LogP contribution in [0.4, 0.5) is 0 Å². The predicted molar refractivity (Wildman–Crippen MR) is 54.2 cm³/mol. The standard InChI is InChI=1S/C8H9BrClNO2/c1-3-13-8(12)7-6(10)5(9)4(2)11-7/h11H,3H2,1-2H3. The summed E-state index contributed by atoms with van der Waals surface area (Å²) in [5.41, 5.74) is 1.11. The van der Waals surface area contributed by atoms with Gasteiger partial charge in [0.2, 0.25) is 0 Å². The van der Waals surface area contributed by atoms with Gasteiger partial charge in [-0.2, -0.15) is 0 Å². The number of H-pyrrole nitrogens is 1. The number of rotatable bonds is 2. The van der Waals surface area contributed by atoms with Crippen LogP contribution in [-0.4, -0.2) is 17.6 Å². The van der Waals surface area contributed by atoms with Crippen LogP contribution in [0.5, 0.6) is 0 Å². The molecule has 1 N–H and O–H groups in total. The van der Waals surface area contributed by atoms with Gasteiger partial charge < -0.3 is 9.72 Å². The van der Waals surface area contributed by atoms with E-state index < -0.39 is 5.97 Å². The highest BCUT2D eigenvalue weighted by atomic mass is 79.9. The molecule has 0 bridgehead atoms. The Morgan fingerprint density at radius 1 is 1.69 bits per heavy atom. The van der Waals surface area contributed by atoms with E-state index in [0.717, 1.165) is 5.69 Å². The molecule has 1 heterocycles. The average molecular weight is 267 g/mol. The maximum absolute atomic E-state index is 11.3. The maximum Gasteiger partial charge on any atom is 0.356 e. The number of aromatic amines is 1. The molecule has 13 heavy (non-hydrogen) atoms. The fraction of sp³-hybridized carbons (Fsp3) is 0.375. The van der Waals surface area contributed by atoms with Crippen molar-refractivity contribution in [2.45, 2.75) is 13.8 Å². The first kappa shape index (κ1) is 10.6. The summed E-state index contributed by atoms with van der Waals surface area (Å²) >= 11 is 9.11. The third-order valence-electron chi connectivity index (χ3n) is 1.53. The van der Waals surface area contributed by atoms with E-state index in [-0.39, 0.29) is 0 Å². The summed E-state index contributed by atoms with van der Waals surface area (Å²) in [4.78, 5) is 14.1. The van der Waals surface area contributed by atoms with Gasteiger partial charge in [0.25, 0.3) is 0 Å². The van der Waals surface area contributed by atoms with Crippen LogP contribution in [0.25, 0.3) is 0 Å². The fourth-order valence-corrected chi connectivity index (χ4v) is 1.48. The number of carbonyl (C=O) groups is 1. The Labute approximate surface area is 89.5 Å². The van der Waals surface area contributed by atoms with Gasteiger partial charge in [0.15, 0.2) is 0 Å². The molecule has 1 rings (SSSR count). The lowest BCUT2D eigenvalue weighted by molar-refractivity contribution is 0.0520. The minimum absolute atomic E-state index is 0.299. The first-order chi connectivity index (χ1) is 6.07. The fourth-order valence-electron chi connectivity index (χ4n) is 0.916. The molecular weight excluding hydrogens is 257 g/mol. The van der Waals surface area contributed by atoms with Crippen molar-refractivity contribution in [3.8, 4) is 0 Å². The van der Waals surface area contributed by atoms with Crippen molar-refractivity contribution < 1.29 is 9.53 Å². The molecule has 0 aliphatic rings. The van der Waals surface area contributed by atoms with Crippen LogP contribution in [0.2, 0.25) is 5.02 Å². The molecule has 0 spiro atoms. The van der Waals surface area contributed by atoms with Gasteiger partial charge >= 0.3 is 5.97 Å². The Bertz CT molecular complexity index is 335. The second kappa shape index (κ2) is 4.15. The highest BCUT2D eigenvalue weighted by Gasteiger charge is 2.18. The van der Waals surface area contributed by atoms with Gasteiger partial charge in [-0.05, 0) is 29.8 Å². The topological polar surface area (TPSA) is 42.1 Å². The van der Waals surface area contributed by atoms with E-state index in [0.29, 0.717) is 21.8 Å². The van der Waals surface area contributed by atoms with Crippen molar-refractivity contribution in [2.75, 3.05) is 6.61 Å². The van der Waals surface area contributed by atoms with Crippen LogP contribution in [0.1, 0.15) is 23.1 Å². The number of aromatic nitrogens is 1. The van der Waals surface area contributed by atoms with Crippen LogP contribution >= 0.6 is 27.5 Å². The molecule has 0 aliphatic carbocycles. The number of carbonyl (C=O) groups excluding carboxylic acids is 1. The Hall–Kier alpha value is -0.480. The molecule has 5 heteroatoms. The number of hydrogen-bond acceptors (Lipinski definition) is 2. The Balaban J connectivity index is 3.01. The van der Waals surface area contributed by atoms with E-state index >= 15 is 0 Å². The number of nitrogens with one attached hydrogen (secondary N) is 1. The highest BCUT2D eigenvalue weighted by Crippen LogP contribution is 2.29. The molecule has 0 aliphatic heterocycles. The van der Waals surface area contributed by atoms with Crippen molar-refractivity contribution >= 4 is 33.5 Å². The first-order valence-corrected chi connectivity index (χ1v) is 4.95. The van der Waals surface area contributed by atoms with E-state index in [1.54, 1.807) is 6.92 Å². The van der Waals surface area contributed by atoms with Gasteiger partial charge in [0.05, 0.1) is 16.1 Å². The normalized spacial score (nSPS) is 10.2. The third-order valence-corrected chi connectivity index (χ3v) is 3.13. The van der Waals surface area contributed by atoms with E-state index in [4.69, 9.17) is 16.3 Å². The summed E-state index contributed by atoms with van der Waals surface area (Å²) in [5, 5.41) is 0.371. The summed E-state index contributed by atoms with van der Waals surface area (Å²) in [5.74, 6) is -0.429. The van der Waals surface area contributed by atoms with Crippen LogP contribution in [0.15, 0.2) is 4.47 Å². The van der Waals surface area contributed by atoms with Crippen LogP contribution < -0.4 is 0 Å². The van der Waals surface area contributed by atoms with Gasteiger partial charge in [0, 0.05) is 5.69 Å². The summed E-state index contributed by atoms with van der Waals surface area (Å²) < 4.78 is 5.51. The van der Waals surface area contributed by atoms with Gasteiger partial charge in [-0.15, -0.1) is 0 Å². The molecule has 1 aromatic heterocycles. The molecule has 0 unspecified atom stereocenters. The van der Waals surface area contributed by atoms with Crippen molar-refractivity contribution in [3.05, 3.63) is 20.9 Å². The third kappa shape index (κ3) is 2.06. The molecule has 0 atom stereocenters. The number of esters is 1. The van der Waals surface area contributed by atoms with Crippen molar-refractivity contribution in [3.63, 3.8) is 0 Å². The molecule has 1 aromatic rings. The monoisotopic (exact) mass is 265 g/mol. The van der Waals surface area contributed by atoms with E-state index in [1.165, 1.54) is 0 Å². The zero-order chi connectivity index (χ0) is 10.0. The van der Waals surface area contributed by atoms with Crippen molar-refractivity contribution in [2.24, 2.45) is 0 Å². The zero-order valence-corrected chi connectivity index (χ0v) is 9.62. The smallest absolute Gasteiger partial charge is 0.356 e. The Morgan fingerprint density at radius 3 is 2.69 bits per heavy atom. The quantitative estimate of drug-likeness (QED) is 0.836. The number of hydrogen-bond donors (Lipinski definition) is 1. The molecular formula is C8H9BrClNO2. The second-order valence-corrected chi connectivity index (χ2v) is 3.64. The largest absolute Gasteiger partial charge is 0.461 e. The van der Waals surface area contributed by atoms with Crippen LogP contribution in [0, 0.1) is 6.92 Å². The van der Waals surface area contributed by atoms with E-state index in [2.05, 4.69) is 20.9 Å². The molecule has 0 radical (unpaired) electrons. The lowest BCUT2D eigenvalue weighted by Gasteiger charge is -1.98. The predicted octanol–water partition coefficient (Wildman–Crippen LogP) is 2.92. The van der Waals surface area contributed by atoms with Gasteiger partial charge in [-0.1, -0.05) is 11.6 Å². The summed E-state index contributed by atoms with van der Waals surface area (Å²) in [6.45, 7) is 3.90. The maximum atomic E-state index is 11.3. The van der Waals surface area contributed by atoms with Crippen molar-refractivity contribution in [1.29, 1.82) is 0 Å². The van der Waals surface area contributed by atoms with Crippen LogP contribution in [0.3, 0.4) is 0 Å². The SMILES string of the molecule is CCOC(=O)c1[nH]c(C)c(Br)c1Cl. The van der Waals surface area contributed by atoms with E-state index in [9.17, 15) is 4.79 Å². The Morgan fingerprint density at radius 2 is 2.31 bits per heavy atom. The summed E-state index contributed by atoms with van der Waals surface area (Å²) in [6.07, 6.45) is 0. The molecule has 0 saturated carbocycles.